The third kappa shape index (κ3) is 2.28. The predicted molar refractivity (Wildman–Crippen MR) is 63.3 cm³/mol. The van der Waals surface area contributed by atoms with E-state index in [2.05, 4.69) is 4.98 Å². The van der Waals surface area contributed by atoms with E-state index in [1.165, 1.54) is 0 Å². The molecule has 2 aromatic rings. The van der Waals surface area contributed by atoms with Crippen LogP contribution in [0, 0.1) is 0 Å². The summed E-state index contributed by atoms with van der Waals surface area (Å²) in [6.45, 7) is 0. The van der Waals surface area contributed by atoms with Gasteiger partial charge in [0.1, 0.15) is 5.75 Å². The highest BCUT2D eigenvalue weighted by molar-refractivity contribution is 7.09. The normalized spacial score (nSPS) is 10.1. The van der Waals surface area contributed by atoms with Crippen LogP contribution in [0.2, 0.25) is 0 Å². The summed E-state index contributed by atoms with van der Waals surface area (Å²) in [5, 5.41) is 2.99. The summed E-state index contributed by atoms with van der Waals surface area (Å²) >= 11 is 1.61. The summed E-state index contributed by atoms with van der Waals surface area (Å²) in [5.74, 6) is 0.609. The number of benzene rings is 1. The van der Waals surface area contributed by atoms with Crippen molar-refractivity contribution in [1.82, 2.24) is 4.98 Å². The van der Waals surface area contributed by atoms with E-state index < -0.39 is 0 Å². The summed E-state index contributed by atoms with van der Waals surface area (Å²) in [4.78, 5) is 15.1. The van der Waals surface area contributed by atoms with Crippen LogP contribution in [0.3, 0.4) is 0 Å². The Kier molecular flexibility index (Phi) is 3.31. The first kappa shape index (κ1) is 10.8. The van der Waals surface area contributed by atoms with E-state index in [0.29, 0.717) is 11.3 Å². The van der Waals surface area contributed by atoms with E-state index in [1.807, 2.05) is 23.6 Å². The molecule has 0 fully saturated rings. The molecule has 1 aromatic heterocycles. The highest BCUT2D eigenvalue weighted by atomic mass is 32.1. The third-order valence-corrected chi connectivity index (χ3v) is 3.04. The van der Waals surface area contributed by atoms with Crippen LogP contribution in [0.15, 0.2) is 29.8 Å². The molecule has 0 atom stereocenters. The Hall–Kier alpha value is -1.68. The number of nitrogens with zero attached hydrogens (tertiary/aromatic N) is 1. The number of carbonyl (C=O) groups is 1. The molecule has 3 nitrogen and oxygen atoms in total. The maximum atomic E-state index is 10.8. The highest BCUT2D eigenvalue weighted by Crippen LogP contribution is 2.20. The molecule has 4 heteroatoms. The Bertz CT molecular complexity index is 480. The van der Waals surface area contributed by atoms with Gasteiger partial charge in [-0.15, -0.1) is 11.3 Å². The lowest BCUT2D eigenvalue weighted by Crippen LogP contribution is -1.94. The molecule has 1 aromatic carbocycles. The van der Waals surface area contributed by atoms with Crippen LogP contribution in [0.1, 0.15) is 20.9 Å². The van der Waals surface area contributed by atoms with E-state index in [4.69, 9.17) is 4.74 Å². The summed E-state index contributed by atoms with van der Waals surface area (Å²) in [7, 11) is 1.56. The van der Waals surface area contributed by atoms with Crippen molar-refractivity contribution in [2.75, 3.05) is 7.11 Å². The lowest BCUT2D eigenvalue weighted by atomic mass is 10.1. The standard InChI is InChI=1S/C12H11NO2S/c1-15-11-3-2-9(6-10(11)8-14)7-12-13-4-5-16-12/h2-6,8H,7H2,1H3. The first-order valence-electron chi connectivity index (χ1n) is 4.84. The maximum Gasteiger partial charge on any atom is 0.153 e. The smallest absolute Gasteiger partial charge is 0.153 e. The summed E-state index contributed by atoms with van der Waals surface area (Å²) in [6.07, 6.45) is 3.34. The van der Waals surface area contributed by atoms with Gasteiger partial charge in [-0.25, -0.2) is 4.98 Å². The number of hydrogen-bond donors (Lipinski definition) is 0. The van der Waals surface area contributed by atoms with Crippen LogP contribution >= 0.6 is 11.3 Å². The Balaban J connectivity index is 2.26. The minimum Gasteiger partial charge on any atom is -0.496 e. The number of aldehydes is 1. The van der Waals surface area contributed by atoms with E-state index in [-0.39, 0.29) is 0 Å². The predicted octanol–water partition coefficient (Wildman–Crippen LogP) is 2.56. The lowest BCUT2D eigenvalue weighted by molar-refractivity contribution is 0.112. The lowest BCUT2D eigenvalue weighted by Gasteiger charge is -2.05. The van der Waals surface area contributed by atoms with Crippen molar-refractivity contribution in [2.24, 2.45) is 0 Å². The number of thiazole rings is 1. The monoisotopic (exact) mass is 233 g/mol. The van der Waals surface area contributed by atoms with Gasteiger partial charge in [-0.3, -0.25) is 4.79 Å². The van der Waals surface area contributed by atoms with Crippen LogP contribution in [0.5, 0.6) is 5.75 Å². The van der Waals surface area contributed by atoms with Gasteiger partial charge in [-0.1, -0.05) is 6.07 Å². The average molecular weight is 233 g/mol. The second-order valence-electron chi connectivity index (χ2n) is 3.30. The number of methoxy groups -OCH3 is 1. The Morgan fingerprint density at radius 3 is 3.00 bits per heavy atom. The third-order valence-electron chi connectivity index (χ3n) is 2.26. The number of ether oxygens (including phenoxy) is 1. The van der Waals surface area contributed by atoms with E-state index in [1.54, 1.807) is 24.6 Å². The van der Waals surface area contributed by atoms with Crippen molar-refractivity contribution < 1.29 is 9.53 Å². The first-order chi connectivity index (χ1) is 7.83. The minimum atomic E-state index is 0.580. The molecule has 0 N–H and O–H groups in total. The molecule has 0 radical (unpaired) electrons. The SMILES string of the molecule is COc1ccc(Cc2nccs2)cc1C=O. The molecule has 0 spiro atoms. The zero-order chi connectivity index (χ0) is 11.4. The van der Waals surface area contributed by atoms with Crippen molar-refractivity contribution in [2.45, 2.75) is 6.42 Å². The second-order valence-corrected chi connectivity index (χ2v) is 4.28. The molecule has 0 saturated carbocycles. The van der Waals surface area contributed by atoms with Crippen LogP contribution in [0.4, 0.5) is 0 Å². The fraction of sp³-hybridized carbons (Fsp3) is 0.167. The Morgan fingerprint density at radius 1 is 1.50 bits per heavy atom. The molecule has 0 aliphatic heterocycles. The van der Waals surface area contributed by atoms with Crippen molar-refractivity contribution >= 4 is 17.6 Å². The van der Waals surface area contributed by atoms with Gasteiger partial charge in [0.2, 0.25) is 0 Å². The quantitative estimate of drug-likeness (QED) is 0.762. The van der Waals surface area contributed by atoms with Gasteiger partial charge >= 0.3 is 0 Å². The van der Waals surface area contributed by atoms with Crippen LogP contribution < -0.4 is 4.74 Å². The molecule has 16 heavy (non-hydrogen) atoms. The summed E-state index contributed by atoms with van der Waals surface area (Å²) in [5.41, 5.74) is 1.65. The molecule has 1 heterocycles. The van der Waals surface area contributed by atoms with Crippen molar-refractivity contribution in [3.8, 4) is 5.75 Å². The molecule has 0 bridgehead atoms. The van der Waals surface area contributed by atoms with Crippen molar-refractivity contribution in [1.29, 1.82) is 0 Å². The van der Waals surface area contributed by atoms with Gasteiger partial charge in [0.15, 0.2) is 6.29 Å². The zero-order valence-corrected chi connectivity index (χ0v) is 9.66. The van der Waals surface area contributed by atoms with Gasteiger partial charge in [0.25, 0.3) is 0 Å². The number of rotatable bonds is 4. The topological polar surface area (TPSA) is 39.2 Å². The fourth-order valence-corrected chi connectivity index (χ4v) is 2.15. The number of hydrogen-bond acceptors (Lipinski definition) is 4. The molecule has 2 rings (SSSR count). The van der Waals surface area contributed by atoms with E-state index in [9.17, 15) is 4.79 Å². The minimum absolute atomic E-state index is 0.580. The Labute approximate surface area is 97.7 Å². The average Bonchev–Trinajstić information content (AvgIpc) is 2.81. The van der Waals surface area contributed by atoms with E-state index >= 15 is 0 Å². The van der Waals surface area contributed by atoms with Crippen LogP contribution in [0.25, 0.3) is 0 Å². The molecule has 0 saturated heterocycles. The van der Waals surface area contributed by atoms with E-state index in [0.717, 1.165) is 23.3 Å². The van der Waals surface area contributed by atoms with Gasteiger partial charge in [0, 0.05) is 18.0 Å². The number of carbonyl (C=O) groups excluding carboxylic acids is 1. The molecule has 0 unspecified atom stereocenters. The maximum absolute atomic E-state index is 10.8. The largest absolute Gasteiger partial charge is 0.496 e. The first-order valence-corrected chi connectivity index (χ1v) is 5.72. The molecule has 0 amide bonds. The van der Waals surface area contributed by atoms with Crippen LogP contribution in [-0.2, 0) is 6.42 Å². The molecule has 0 aliphatic rings. The summed E-state index contributed by atoms with van der Waals surface area (Å²) < 4.78 is 5.08. The molecule has 0 aliphatic carbocycles. The van der Waals surface area contributed by atoms with Gasteiger partial charge in [0.05, 0.1) is 17.7 Å². The molecular formula is C12H11NO2S. The van der Waals surface area contributed by atoms with Gasteiger partial charge < -0.3 is 4.74 Å². The van der Waals surface area contributed by atoms with Crippen molar-refractivity contribution in [3.63, 3.8) is 0 Å². The molecular weight excluding hydrogens is 222 g/mol. The second kappa shape index (κ2) is 4.90. The zero-order valence-electron chi connectivity index (χ0n) is 8.84. The van der Waals surface area contributed by atoms with Crippen LogP contribution in [-0.4, -0.2) is 18.4 Å². The fourth-order valence-electron chi connectivity index (χ4n) is 1.50. The Morgan fingerprint density at radius 2 is 2.38 bits per heavy atom. The number of aromatic nitrogens is 1. The van der Waals surface area contributed by atoms with Gasteiger partial charge in [-0.05, 0) is 17.7 Å². The summed E-state index contributed by atoms with van der Waals surface area (Å²) in [6, 6.07) is 5.60. The highest BCUT2D eigenvalue weighted by Gasteiger charge is 2.05. The van der Waals surface area contributed by atoms with Gasteiger partial charge in [-0.2, -0.15) is 0 Å². The van der Waals surface area contributed by atoms with Crippen molar-refractivity contribution in [3.05, 3.63) is 45.9 Å². The molecule has 82 valence electrons.